The highest BCUT2D eigenvalue weighted by Gasteiger charge is 2.24. The maximum Gasteiger partial charge on any atom is 0.326 e. The van der Waals surface area contributed by atoms with Crippen LogP contribution in [0.15, 0.2) is 0 Å². The second-order valence-corrected chi connectivity index (χ2v) is 6.20. The van der Waals surface area contributed by atoms with E-state index in [1.165, 1.54) is 6.42 Å². The molecule has 1 saturated carbocycles. The predicted octanol–water partition coefficient (Wildman–Crippen LogP) is 2.20. The van der Waals surface area contributed by atoms with Gasteiger partial charge in [0.15, 0.2) is 0 Å². The highest BCUT2D eigenvalue weighted by molar-refractivity contribution is 5.84. The van der Waals surface area contributed by atoms with E-state index in [1.54, 1.807) is 0 Å². The van der Waals surface area contributed by atoms with Crippen molar-refractivity contribution in [1.29, 1.82) is 0 Å². The zero-order chi connectivity index (χ0) is 15.1. The van der Waals surface area contributed by atoms with E-state index in [4.69, 9.17) is 9.84 Å². The lowest BCUT2D eigenvalue weighted by molar-refractivity contribution is -0.143. The molecule has 0 aromatic carbocycles. The predicted molar refractivity (Wildman–Crippen MR) is 76.4 cm³/mol. The minimum atomic E-state index is -0.988. The molecule has 20 heavy (non-hydrogen) atoms. The maximum absolute atomic E-state index is 11.8. The first kappa shape index (κ1) is 17.0. The summed E-state index contributed by atoms with van der Waals surface area (Å²) in [5.41, 5.74) is 0. The summed E-state index contributed by atoms with van der Waals surface area (Å²) in [5, 5.41) is 11.6. The summed E-state index contributed by atoms with van der Waals surface area (Å²) < 4.78 is 5.64. The van der Waals surface area contributed by atoms with Gasteiger partial charge in [-0.05, 0) is 31.1 Å². The van der Waals surface area contributed by atoms with E-state index in [9.17, 15) is 9.59 Å². The minimum Gasteiger partial charge on any atom is -0.480 e. The average Bonchev–Trinajstić information content (AvgIpc) is 2.36. The van der Waals surface area contributed by atoms with Crippen LogP contribution in [0.5, 0.6) is 0 Å². The first-order valence-corrected chi connectivity index (χ1v) is 7.54. The van der Waals surface area contributed by atoms with Gasteiger partial charge in [-0.1, -0.05) is 33.6 Å². The molecule has 0 heterocycles. The Bertz CT molecular complexity index is 330. The number of hydrogen-bond donors (Lipinski definition) is 2. The smallest absolute Gasteiger partial charge is 0.326 e. The Morgan fingerprint density at radius 1 is 1.30 bits per heavy atom. The van der Waals surface area contributed by atoms with Gasteiger partial charge in [-0.3, -0.25) is 4.79 Å². The Morgan fingerprint density at radius 3 is 2.50 bits per heavy atom. The SMILES string of the molecule is CC(C)CC(NC(=O)COC1CCCCC1C)C(=O)O. The van der Waals surface area contributed by atoms with E-state index in [2.05, 4.69) is 12.2 Å². The van der Waals surface area contributed by atoms with E-state index in [0.29, 0.717) is 12.3 Å². The quantitative estimate of drug-likeness (QED) is 0.752. The molecule has 0 aromatic heterocycles. The fourth-order valence-corrected chi connectivity index (χ4v) is 2.64. The molecular weight excluding hydrogens is 258 g/mol. The first-order chi connectivity index (χ1) is 9.40. The lowest BCUT2D eigenvalue weighted by Gasteiger charge is -2.28. The summed E-state index contributed by atoms with van der Waals surface area (Å²) in [6.07, 6.45) is 5.05. The van der Waals surface area contributed by atoms with Crippen molar-refractivity contribution in [2.45, 2.75) is 65.0 Å². The average molecular weight is 285 g/mol. The Labute approximate surface area is 121 Å². The van der Waals surface area contributed by atoms with Crippen LogP contribution in [0.4, 0.5) is 0 Å². The van der Waals surface area contributed by atoms with Gasteiger partial charge in [0.1, 0.15) is 12.6 Å². The second-order valence-electron chi connectivity index (χ2n) is 6.20. The van der Waals surface area contributed by atoms with Crippen LogP contribution in [-0.4, -0.2) is 35.7 Å². The molecule has 5 heteroatoms. The summed E-state index contributed by atoms with van der Waals surface area (Å²) in [4.78, 5) is 22.9. The van der Waals surface area contributed by atoms with Crippen molar-refractivity contribution in [3.05, 3.63) is 0 Å². The van der Waals surface area contributed by atoms with Crippen LogP contribution in [0.2, 0.25) is 0 Å². The van der Waals surface area contributed by atoms with Crippen molar-refractivity contribution < 1.29 is 19.4 Å². The van der Waals surface area contributed by atoms with E-state index in [1.807, 2.05) is 13.8 Å². The Kier molecular flexibility index (Phi) is 6.99. The van der Waals surface area contributed by atoms with E-state index < -0.39 is 12.0 Å². The fraction of sp³-hybridized carbons (Fsp3) is 0.867. The molecule has 0 aromatic rings. The van der Waals surface area contributed by atoms with Gasteiger partial charge >= 0.3 is 5.97 Å². The van der Waals surface area contributed by atoms with Crippen LogP contribution < -0.4 is 5.32 Å². The molecule has 0 saturated heterocycles. The molecule has 0 spiro atoms. The van der Waals surface area contributed by atoms with Crippen LogP contribution in [0.25, 0.3) is 0 Å². The number of nitrogens with one attached hydrogen (secondary N) is 1. The van der Waals surface area contributed by atoms with Crippen molar-refractivity contribution in [1.82, 2.24) is 5.32 Å². The molecule has 3 atom stereocenters. The van der Waals surface area contributed by atoms with Gasteiger partial charge in [-0.2, -0.15) is 0 Å². The van der Waals surface area contributed by atoms with E-state index >= 15 is 0 Å². The molecule has 5 nitrogen and oxygen atoms in total. The summed E-state index contributed by atoms with van der Waals surface area (Å²) in [7, 11) is 0. The van der Waals surface area contributed by atoms with Crippen LogP contribution in [0.3, 0.4) is 0 Å². The summed E-state index contributed by atoms with van der Waals surface area (Å²) >= 11 is 0. The Morgan fingerprint density at radius 2 is 1.95 bits per heavy atom. The third-order valence-electron chi connectivity index (χ3n) is 3.80. The number of carboxylic acid groups (broad SMARTS) is 1. The van der Waals surface area contributed by atoms with Crippen LogP contribution in [-0.2, 0) is 14.3 Å². The lowest BCUT2D eigenvalue weighted by Crippen LogP contribution is -2.44. The topological polar surface area (TPSA) is 75.6 Å². The van der Waals surface area contributed by atoms with Crippen molar-refractivity contribution in [2.24, 2.45) is 11.8 Å². The molecular formula is C15H27NO4. The number of rotatable bonds is 7. The number of carbonyl (C=O) groups is 2. The summed E-state index contributed by atoms with van der Waals surface area (Å²) in [5.74, 6) is -0.632. The van der Waals surface area contributed by atoms with Crippen molar-refractivity contribution >= 4 is 11.9 Å². The largest absolute Gasteiger partial charge is 0.480 e. The molecule has 0 aliphatic heterocycles. The van der Waals surface area contributed by atoms with E-state index in [0.717, 1.165) is 19.3 Å². The van der Waals surface area contributed by atoms with Crippen LogP contribution in [0, 0.1) is 11.8 Å². The molecule has 2 N–H and O–H groups in total. The number of carboxylic acids is 1. The lowest BCUT2D eigenvalue weighted by atomic mass is 9.88. The highest BCUT2D eigenvalue weighted by atomic mass is 16.5. The molecule has 1 amide bonds. The first-order valence-electron chi connectivity index (χ1n) is 7.54. The van der Waals surface area contributed by atoms with Gasteiger partial charge in [0, 0.05) is 0 Å². The second kappa shape index (κ2) is 8.25. The number of carbonyl (C=O) groups excluding carboxylic acids is 1. The Hall–Kier alpha value is -1.10. The Balaban J connectivity index is 2.35. The number of ether oxygens (including phenoxy) is 1. The monoisotopic (exact) mass is 285 g/mol. The van der Waals surface area contributed by atoms with Crippen molar-refractivity contribution in [3.8, 4) is 0 Å². The highest BCUT2D eigenvalue weighted by Crippen LogP contribution is 2.26. The number of amides is 1. The van der Waals surface area contributed by atoms with Crippen LogP contribution >= 0.6 is 0 Å². The number of aliphatic carboxylic acids is 1. The maximum atomic E-state index is 11.8. The van der Waals surface area contributed by atoms with Gasteiger partial charge in [0.05, 0.1) is 6.10 Å². The van der Waals surface area contributed by atoms with Crippen molar-refractivity contribution in [3.63, 3.8) is 0 Å². The van der Waals surface area contributed by atoms with Crippen LogP contribution in [0.1, 0.15) is 52.9 Å². The fourth-order valence-electron chi connectivity index (χ4n) is 2.64. The zero-order valence-corrected chi connectivity index (χ0v) is 12.7. The van der Waals surface area contributed by atoms with E-state index in [-0.39, 0.29) is 24.5 Å². The molecule has 0 bridgehead atoms. The van der Waals surface area contributed by atoms with Gasteiger partial charge < -0.3 is 15.2 Å². The molecule has 116 valence electrons. The van der Waals surface area contributed by atoms with Crippen molar-refractivity contribution in [2.75, 3.05) is 6.61 Å². The van der Waals surface area contributed by atoms with Gasteiger partial charge in [-0.25, -0.2) is 4.79 Å². The zero-order valence-electron chi connectivity index (χ0n) is 12.7. The molecule has 1 rings (SSSR count). The van der Waals surface area contributed by atoms with Gasteiger partial charge in [0.2, 0.25) is 5.91 Å². The van der Waals surface area contributed by atoms with Gasteiger partial charge in [-0.15, -0.1) is 0 Å². The van der Waals surface area contributed by atoms with Gasteiger partial charge in [0.25, 0.3) is 0 Å². The third kappa shape index (κ3) is 5.90. The molecule has 1 aliphatic rings. The summed E-state index contributed by atoms with van der Waals surface area (Å²) in [6.45, 7) is 5.96. The molecule has 0 radical (unpaired) electrons. The minimum absolute atomic E-state index is 0.0448. The standard InChI is InChI=1S/C15H27NO4/c1-10(2)8-12(15(18)19)16-14(17)9-20-13-7-5-4-6-11(13)3/h10-13H,4-9H2,1-3H3,(H,16,17)(H,18,19). The third-order valence-corrected chi connectivity index (χ3v) is 3.80. The molecule has 1 fully saturated rings. The normalized spacial score (nSPS) is 24.4. The molecule has 3 unspecified atom stereocenters. The number of hydrogen-bond acceptors (Lipinski definition) is 3. The summed E-state index contributed by atoms with van der Waals surface area (Å²) in [6, 6.07) is -0.824. The molecule has 1 aliphatic carbocycles.